The first-order valence-corrected chi connectivity index (χ1v) is 11.6. The summed E-state index contributed by atoms with van der Waals surface area (Å²) in [6, 6.07) is 14.0. The molecule has 2 fully saturated rings. The summed E-state index contributed by atoms with van der Waals surface area (Å²) < 4.78 is 0. The van der Waals surface area contributed by atoms with Gasteiger partial charge in [-0.2, -0.15) is 0 Å². The van der Waals surface area contributed by atoms with Crippen LogP contribution in [0, 0.1) is 5.92 Å². The molecule has 164 valence electrons. The molecule has 1 saturated carbocycles. The molecule has 1 heterocycles. The van der Waals surface area contributed by atoms with Crippen LogP contribution in [-0.4, -0.2) is 53.8 Å². The summed E-state index contributed by atoms with van der Waals surface area (Å²) in [6.45, 7) is 2.60. The Hall–Kier alpha value is -2.08. The third kappa shape index (κ3) is 5.40. The first kappa shape index (κ1) is 22.1. The Labute approximate surface area is 193 Å². The van der Waals surface area contributed by atoms with Gasteiger partial charge in [0.1, 0.15) is 0 Å². The molecule has 1 aliphatic carbocycles. The molecule has 1 saturated heterocycles. The van der Waals surface area contributed by atoms with Crippen LogP contribution in [0.25, 0.3) is 0 Å². The molecule has 1 atom stereocenters. The Morgan fingerprint density at radius 1 is 0.839 bits per heavy atom. The zero-order valence-electron chi connectivity index (χ0n) is 17.4. The molecule has 2 aromatic carbocycles. The summed E-state index contributed by atoms with van der Waals surface area (Å²) >= 11 is 11.9. The van der Waals surface area contributed by atoms with Crippen LogP contribution in [0.4, 0.5) is 5.69 Å². The van der Waals surface area contributed by atoms with Crippen LogP contribution in [0.15, 0.2) is 48.5 Å². The van der Waals surface area contributed by atoms with Gasteiger partial charge in [0, 0.05) is 47.5 Å². The van der Waals surface area contributed by atoms with Crippen LogP contribution in [0.2, 0.25) is 10.0 Å². The van der Waals surface area contributed by atoms with E-state index in [1.165, 1.54) is 12.8 Å². The van der Waals surface area contributed by atoms with Gasteiger partial charge in [-0.05, 0) is 67.3 Å². The number of piperazine rings is 1. The highest BCUT2D eigenvalue weighted by molar-refractivity contribution is 6.31. The minimum absolute atomic E-state index is 0.0133. The predicted molar refractivity (Wildman–Crippen MR) is 125 cm³/mol. The van der Waals surface area contributed by atoms with Crippen molar-refractivity contribution in [3.05, 3.63) is 64.1 Å². The van der Waals surface area contributed by atoms with Gasteiger partial charge < -0.3 is 10.2 Å². The van der Waals surface area contributed by atoms with Crippen LogP contribution in [0.3, 0.4) is 0 Å². The summed E-state index contributed by atoms with van der Waals surface area (Å²) in [6.07, 6.45) is 4.49. The second-order valence-electron chi connectivity index (χ2n) is 8.32. The Bertz CT molecular complexity index is 903. The fraction of sp³-hybridized carbons (Fsp3) is 0.417. The van der Waals surface area contributed by atoms with Gasteiger partial charge in [-0.15, -0.1) is 0 Å². The van der Waals surface area contributed by atoms with Crippen molar-refractivity contribution < 1.29 is 9.59 Å². The zero-order valence-corrected chi connectivity index (χ0v) is 18.9. The molecule has 31 heavy (non-hydrogen) atoms. The molecule has 2 aliphatic rings. The molecule has 7 heteroatoms. The Morgan fingerprint density at radius 3 is 1.97 bits per heavy atom. The van der Waals surface area contributed by atoms with Crippen LogP contribution < -0.4 is 5.32 Å². The highest BCUT2D eigenvalue weighted by Crippen LogP contribution is 2.32. The molecule has 1 aliphatic heterocycles. The molecule has 1 N–H and O–H groups in total. The number of anilines is 1. The van der Waals surface area contributed by atoms with Crippen molar-refractivity contribution in [2.75, 3.05) is 31.5 Å². The fourth-order valence-corrected chi connectivity index (χ4v) is 4.93. The number of carbonyl (C=O) groups is 2. The average molecular weight is 460 g/mol. The van der Waals surface area contributed by atoms with Gasteiger partial charge in [-0.1, -0.05) is 36.0 Å². The van der Waals surface area contributed by atoms with E-state index in [4.69, 9.17) is 23.2 Å². The van der Waals surface area contributed by atoms with Crippen molar-refractivity contribution in [3.8, 4) is 0 Å². The molecule has 2 amide bonds. The smallest absolute Gasteiger partial charge is 0.253 e. The summed E-state index contributed by atoms with van der Waals surface area (Å²) in [5.41, 5.74) is 1.40. The third-order valence-corrected chi connectivity index (χ3v) is 6.82. The topological polar surface area (TPSA) is 52.7 Å². The largest absolute Gasteiger partial charge is 0.336 e. The van der Waals surface area contributed by atoms with Crippen LogP contribution in [0.5, 0.6) is 0 Å². The highest BCUT2D eigenvalue weighted by atomic mass is 35.5. The zero-order chi connectivity index (χ0) is 21.8. The predicted octanol–water partition coefficient (Wildman–Crippen LogP) is 4.95. The maximum atomic E-state index is 13.3. The Balaban J connectivity index is 1.42. The number of halogens is 2. The van der Waals surface area contributed by atoms with E-state index in [0.717, 1.165) is 18.5 Å². The van der Waals surface area contributed by atoms with E-state index in [1.807, 2.05) is 17.0 Å². The van der Waals surface area contributed by atoms with Gasteiger partial charge in [0.25, 0.3) is 5.91 Å². The number of carbonyl (C=O) groups excluding carboxylic acids is 2. The number of hydrogen-bond acceptors (Lipinski definition) is 3. The number of nitrogens with zero attached hydrogens (tertiary/aromatic N) is 2. The third-order valence-electron chi connectivity index (χ3n) is 6.31. The van der Waals surface area contributed by atoms with E-state index in [-0.39, 0.29) is 17.9 Å². The SMILES string of the molecule is O=C(Nc1ccc(Cl)cc1)[C@H](C1CCCC1)N1CCN(C(=O)c2ccc(Cl)cc2)CC1. The number of hydrogen-bond donors (Lipinski definition) is 1. The second-order valence-corrected chi connectivity index (χ2v) is 9.19. The number of rotatable bonds is 5. The van der Waals surface area contributed by atoms with Crippen molar-refractivity contribution in [1.82, 2.24) is 9.80 Å². The van der Waals surface area contributed by atoms with Gasteiger partial charge in [-0.3, -0.25) is 14.5 Å². The van der Waals surface area contributed by atoms with Crippen LogP contribution in [-0.2, 0) is 4.79 Å². The molecule has 5 nitrogen and oxygen atoms in total. The molecule has 4 rings (SSSR count). The lowest BCUT2D eigenvalue weighted by Crippen LogP contribution is -2.56. The van der Waals surface area contributed by atoms with Gasteiger partial charge in [0.2, 0.25) is 5.91 Å². The normalized spacial score (nSPS) is 18.7. The summed E-state index contributed by atoms with van der Waals surface area (Å²) in [7, 11) is 0. The lowest BCUT2D eigenvalue weighted by Gasteiger charge is -2.40. The van der Waals surface area contributed by atoms with Crippen molar-refractivity contribution in [1.29, 1.82) is 0 Å². The molecule has 0 bridgehead atoms. The van der Waals surface area contributed by atoms with Gasteiger partial charge in [0.05, 0.1) is 6.04 Å². The van der Waals surface area contributed by atoms with Crippen molar-refractivity contribution in [2.45, 2.75) is 31.7 Å². The molecular weight excluding hydrogens is 433 g/mol. The van der Waals surface area contributed by atoms with E-state index in [2.05, 4.69) is 10.2 Å². The maximum absolute atomic E-state index is 13.3. The highest BCUT2D eigenvalue weighted by Gasteiger charge is 2.37. The maximum Gasteiger partial charge on any atom is 0.253 e. The van der Waals surface area contributed by atoms with Gasteiger partial charge >= 0.3 is 0 Å². The van der Waals surface area contributed by atoms with Gasteiger partial charge in [-0.25, -0.2) is 0 Å². The second kappa shape index (κ2) is 10.0. The first-order valence-electron chi connectivity index (χ1n) is 10.9. The minimum atomic E-state index is -0.175. The number of amides is 2. The van der Waals surface area contributed by atoms with E-state index < -0.39 is 0 Å². The van der Waals surface area contributed by atoms with Crippen molar-refractivity contribution >= 4 is 40.7 Å². The van der Waals surface area contributed by atoms with E-state index in [9.17, 15) is 9.59 Å². The molecule has 0 aromatic heterocycles. The molecule has 0 radical (unpaired) electrons. The fourth-order valence-electron chi connectivity index (χ4n) is 4.68. The van der Waals surface area contributed by atoms with Crippen LogP contribution >= 0.6 is 23.2 Å². The van der Waals surface area contributed by atoms with Crippen LogP contribution in [0.1, 0.15) is 36.0 Å². The molecule has 2 aromatic rings. The minimum Gasteiger partial charge on any atom is -0.336 e. The lowest BCUT2D eigenvalue weighted by atomic mass is 9.94. The van der Waals surface area contributed by atoms with E-state index in [0.29, 0.717) is 47.7 Å². The van der Waals surface area contributed by atoms with Gasteiger partial charge in [0.15, 0.2) is 0 Å². The lowest BCUT2D eigenvalue weighted by molar-refractivity contribution is -0.123. The van der Waals surface area contributed by atoms with Crippen molar-refractivity contribution in [2.24, 2.45) is 5.92 Å². The number of benzene rings is 2. The first-order chi connectivity index (χ1) is 15.0. The molecular formula is C24H27Cl2N3O2. The number of nitrogens with one attached hydrogen (secondary N) is 1. The standard InChI is InChI=1S/C24H27Cl2N3O2/c25-19-7-5-18(6-8-19)24(31)29-15-13-28(14-16-29)22(17-3-1-2-4-17)23(30)27-21-11-9-20(26)10-12-21/h5-12,17,22H,1-4,13-16H2,(H,27,30)/t22-/m0/s1. The van der Waals surface area contributed by atoms with Crippen molar-refractivity contribution in [3.63, 3.8) is 0 Å². The Morgan fingerprint density at radius 2 is 1.39 bits per heavy atom. The quantitative estimate of drug-likeness (QED) is 0.687. The van der Waals surface area contributed by atoms with E-state index >= 15 is 0 Å². The summed E-state index contributed by atoms with van der Waals surface area (Å²) in [5, 5.41) is 4.34. The van der Waals surface area contributed by atoms with E-state index in [1.54, 1.807) is 36.4 Å². The molecule has 0 unspecified atom stereocenters. The average Bonchev–Trinajstić information content (AvgIpc) is 3.30. The Kier molecular flexibility index (Phi) is 7.16. The molecule has 0 spiro atoms. The summed E-state index contributed by atoms with van der Waals surface area (Å²) in [5.74, 6) is 0.400. The summed E-state index contributed by atoms with van der Waals surface area (Å²) in [4.78, 5) is 30.2. The monoisotopic (exact) mass is 459 g/mol.